The zero-order valence-corrected chi connectivity index (χ0v) is 23.9. The third-order valence-electron chi connectivity index (χ3n) is 7.42. The molecule has 1 aromatic rings. The first-order valence-electron chi connectivity index (χ1n) is 13.9. The molecule has 1 saturated carbocycles. The van der Waals surface area contributed by atoms with Gasteiger partial charge in [0.25, 0.3) is 0 Å². The molecule has 2 aliphatic rings. The van der Waals surface area contributed by atoms with Crippen molar-refractivity contribution < 1.29 is 39.5 Å². The molecule has 20 heteroatoms. The molecular weight excluding hydrogens is 586 g/mol. The number of nitrogens with two attached hydrogens (primary N) is 6. The van der Waals surface area contributed by atoms with Gasteiger partial charge in [0.05, 0.1) is 12.1 Å². The molecule has 3 rings (SSSR count). The average Bonchev–Trinajstić information content (AvgIpc) is 2.96. The van der Waals surface area contributed by atoms with Crippen LogP contribution in [-0.2, 0) is 25.6 Å². The first kappa shape index (κ1) is 35.0. The van der Waals surface area contributed by atoms with Crippen LogP contribution in [0.4, 0.5) is 5.82 Å². The number of guanidine groups is 1. The highest BCUT2D eigenvalue weighted by atomic mass is 16.7. The van der Waals surface area contributed by atoms with E-state index in [1.165, 1.54) is 12.3 Å². The highest BCUT2D eigenvalue weighted by molar-refractivity contribution is 5.87. The second kappa shape index (κ2) is 15.5. The molecule has 1 aliphatic carbocycles. The van der Waals surface area contributed by atoms with E-state index in [0.717, 1.165) is 4.57 Å². The van der Waals surface area contributed by atoms with E-state index in [1.807, 2.05) is 0 Å². The van der Waals surface area contributed by atoms with E-state index in [2.05, 4.69) is 20.6 Å². The van der Waals surface area contributed by atoms with E-state index < -0.39 is 91.1 Å². The SMILES string of the molecule is NC(N)=NCCCC(NC(=O)Cn1ccc(N)nc1=O)C(=O)NC[C@H]1O[C@H](OC2[C@@H](N)C[C@@H](N)[C@H](O)[C@H]2O)[C@H](N)[C@@H](O)[C@@H]1O. The Bertz CT molecular complexity index is 1220. The number of amides is 2. The number of ether oxygens (including phenoxy) is 2. The van der Waals surface area contributed by atoms with Gasteiger partial charge in [-0.25, -0.2) is 4.79 Å². The molecule has 248 valence electrons. The van der Waals surface area contributed by atoms with E-state index in [-0.39, 0.29) is 44.1 Å². The van der Waals surface area contributed by atoms with Crippen LogP contribution in [0.15, 0.2) is 22.1 Å². The van der Waals surface area contributed by atoms with Gasteiger partial charge in [-0.3, -0.25) is 19.1 Å². The molecule has 2 unspecified atom stereocenters. The summed E-state index contributed by atoms with van der Waals surface area (Å²) in [7, 11) is 0. The van der Waals surface area contributed by atoms with Gasteiger partial charge in [-0.1, -0.05) is 0 Å². The molecule has 2 heterocycles. The number of aromatic nitrogens is 2. The lowest BCUT2D eigenvalue weighted by molar-refractivity contribution is -0.288. The Balaban J connectivity index is 1.66. The molecule has 2 fully saturated rings. The first-order valence-corrected chi connectivity index (χ1v) is 13.9. The van der Waals surface area contributed by atoms with E-state index in [4.69, 9.17) is 43.9 Å². The van der Waals surface area contributed by atoms with Crippen molar-refractivity contribution in [1.82, 2.24) is 20.2 Å². The van der Waals surface area contributed by atoms with Crippen molar-refractivity contribution in [2.24, 2.45) is 33.7 Å². The first-order chi connectivity index (χ1) is 20.7. The van der Waals surface area contributed by atoms with Gasteiger partial charge in [0.2, 0.25) is 11.8 Å². The molecule has 0 radical (unpaired) electrons. The van der Waals surface area contributed by atoms with Gasteiger partial charge >= 0.3 is 5.69 Å². The lowest BCUT2D eigenvalue weighted by Gasteiger charge is -2.46. The largest absolute Gasteiger partial charge is 0.389 e. The van der Waals surface area contributed by atoms with E-state index in [0.29, 0.717) is 0 Å². The number of hydrogen-bond donors (Lipinski definition) is 12. The summed E-state index contributed by atoms with van der Waals surface area (Å²) >= 11 is 0. The summed E-state index contributed by atoms with van der Waals surface area (Å²) in [5, 5.41) is 46.8. The fourth-order valence-electron chi connectivity index (χ4n) is 4.92. The molecule has 0 spiro atoms. The maximum atomic E-state index is 13.2. The zero-order chi connectivity index (χ0) is 32.7. The maximum absolute atomic E-state index is 13.2. The van der Waals surface area contributed by atoms with Crippen LogP contribution in [0.1, 0.15) is 19.3 Å². The van der Waals surface area contributed by atoms with E-state index in [9.17, 15) is 34.8 Å². The number of rotatable bonds is 12. The fraction of sp³-hybridized carbons (Fsp3) is 0.708. The number of aliphatic hydroxyl groups is 4. The quantitative estimate of drug-likeness (QED) is 0.0580. The van der Waals surface area contributed by atoms with Crippen LogP contribution in [0.3, 0.4) is 0 Å². The number of carbonyl (C=O) groups is 2. The molecule has 20 nitrogen and oxygen atoms in total. The number of nitrogens with one attached hydrogen (secondary N) is 2. The van der Waals surface area contributed by atoms with Crippen molar-refractivity contribution >= 4 is 23.6 Å². The highest BCUT2D eigenvalue weighted by Gasteiger charge is 2.48. The van der Waals surface area contributed by atoms with Crippen LogP contribution in [0.25, 0.3) is 0 Å². The van der Waals surface area contributed by atoms with Crippen molar-refractivity contribution in [2.45, 2.75) is 92.9 Å². The zero-order valence-electron chi connectivity index (χ0n) is 23.9. The Morgan fingerprint density at radius 2 is 1.82 bits per heavy atom. The van der Waals surface area contributed by atoms with Gasteiger partial charge in [-0.15, -0.1) is 0 Å². The van der Waals surface area contributed by atoms with Crippen LogP contribution in [0, 0.1) is 0 Å². The maximum Gasteiger partial charge on any atom is 0.349 e. The van der Waals surface area contributed by atoms with Gasteiger partial charge < -0.3 is 74.9 Å². The number of aliphatic hydroxyl groups excluding tert-OH is 4. The van der Waals surface area contributed by atoms with Gasteiger partial charge in [0.1, 0.15) is 48.9 Å². The molecule has 1 aliphatic heterocycles. The predicted molar refractivity (Wildman–Crippen MR) is 154 cm³/mol. The number of hydrogen-bond acceptors (Lipinski definition) is 15. The summed E-state index contributed by atoms with van der Waals surface area (Å²) < 4.78 is 12.5. The Kier molecular flexibility index (Phi) is 12.3. The van der Waals surface area contributed by atoms with Gasteiger partial charge in [-0.05, 0) is 25.3 Å². The van der Waals surface area contributed by atoms with Gasteiger partial charge in [-0.2, -0.15) is 4.98 Å². The standard InChI is InChI=1S/C24H43N11O9/c25-9-6-10(26)20(19(40)16(9)37)44-22-15(28)18(39)17(38)12(43-22)7-32-21(41)11(2-1-4-31-23(29)30)33-14(36)8-35-5-3-13(27)34-24(35)42/h3,5,9-12,15-20,22,37-40H,1-2,4,6-8,25-26,28H2,(H,32,41)(H,33,36)(H2,27,34,42)(H4,29,30,31)/t9-,10+,11?,12-,15-,16+,17-,18-,19-,20?,22-/m1/s1. The minimum absolute atomic E-state index is 0.0194. The van der Waals surface area contributed by atoms with Crippen LogP contribution in [0.2, 0.25) is 0 Å². The summed E-state index contributed by atoms with van der Waals surface area (Å²) in [5.41, 5.74) is 33.2. The normalized spacial score (nSPS) is 32.8. The molecule has 11 atom stereocenters. The summed E-state index contributed by atoms with van der Waals surface area (Å²) in [4.78, 5) is 45.3. The lowest BCUT2D eigenvalue weighted by Crippen LogP contribution is -2.67. The van der Waals surface area contributed by atoms with Gasteiger partial charge in [0, 0.05) is 31.4 Å². The summed E-state index contributed by atoms with van der Waals surface area (Å²) in [6, 6.07) is -2.66. The van der Waals surface area contributed by atoms with Crippen LogP contribution in [-0.4, -0.2) is 128 Å². The van der Waals surface area contributed by atoms with Gasteiger partial charge in [0.15, 0.2) is 12.2 Å². The fourth-order valence-corrected chi connectivity index (χ4v) is 4.92. The highest BCUT2D eigenvalue weighted by Crippen LogP contribution is 2.27. The Morgan fingerprint density at radius 1 is 1.11 bits per heavy atom. The van der Waals surface area contributed by atoms with Crippen molar-refractivity contribution in [3.05, 3.63) is 22.7 Å². The summed E-state index contributed by atoms with van der Waals surface area (Å²) in [5.74, 6) is -1.55. The Morgan fingerprint density at radius 3 is 2.48 bits per heavy atom. The molecule has 0 bridgehead atoms. The summed E-state index contributed by atoms with van der Waals surface area (Å²) in [6.45, 7) is -0.657. The predicted octanol–water partition coefficient (Wildman–Crippen LogP) is -7.58. The lowest BCUT2D eigenvalue weighted by atomic mass is 9.84. The third kappa shape index (κ3) is 9.03. The third-order valence-corrected chi connectivity index (χ3v) is 7.42. The van der Waals surface area contributed by atoms with Crippen molar-refractivity contribution in [3.63, 3.8) is 0 Å². The van der Waals surface area contributed by atoms with Crippen LogP contribution in [0.5, 0.6) is 0 Å². The van der Waals surface area contributed by atoms with Crippen molar-refractivity contribution in [2.75, 3.05) is 18.8 Å². The number of aliphatic imine (C=N–C) groups is 1. The van der Waals surface area contributed by atoms with Crippen molar-refractivity contribution in [3.8, 4) is 0 Å². The second-order valence-corrected chi connectivity index (χ2v) is 10.8. The minimum atomic E-state index is -1.57. The number of anilines is 1. The van der Waals surface area contributed by atoms with Crippen molar-refractivity contribution in [1.29, 1.82) is 0 Å². The van der Waals surface area contributed by atoms with E-state index >= 15 is 0 Å². The molecule has 1 saturated heterocycles. The monoisotopic (exact) mass is 629 g/mol. The Labute approximate surface area is 251 Å². The van der Waals surface area contributed by atoms with Crippen LogP contribution < -0.4 is 50.7 Å². The van der Waals surface area contributed by atoms with E-state index in [1.54, 1.807) is 0 Å². The second-order valence-electron chi connectivity index (χ2n) is 10.8. The number of nitrogens with zero attached hydrogens (tertiary/aromatic N) is 3. The minimum Gasteiger partial charge on any atom is -0.389 e. The topological polar surface area (TPSA) is 361 Å². The molecule has 0 aromatic carbocycles. The molecular formula is C24H43N11O9. The molecule has 44 heavy (non-hydrogen) atoms. The Hall–Kier alpha value is -3.47. The number of carbonyl (C=O) groups excluding carboxylic acids is 2. The average molecular weight is 630 g/mol. The molecule has 18 N–H and O–H groups in total. The smallest absolute Gasteiger partial charge is 0.349 e. The van der Waals surface area contributed by atoms with Crippen LogP contribution >= 0.6 is 0 Å². The summed E-state index contributed by atoms with van der Waals surface area (Å²) in [6.07, 6.45) is -7.98. The molecule has 1 aromatic heterocycles. The number of nitrogen functional groups attached to an aromatic ring is 1. The molecule has 2 amide bonds.